The van der Waals surface area contributed by atoms with E-state index in [-0.39, 0.29) is 18.6 Å². The van der Waals surface area contributed by atoms with Crippen molar-refractivity contribution in [2.75, 3.05) is 0 Å². The van der Waals surface area contributed by atoms with Gasteiger partial charge in [0.25, 0.3) is 5.56 Å². The highest BCUT2D eigenvalue weighted by atomic mass is 35.5. The molecule has 3 aromatic rings. The predicted molar refractivity (Wildman–Crippen MR) is 92.3 cm³/mol. The molecular weight excluding hydrogens is 351 g/mol. The number of carbonyl (C=O) groups excluding carboxylic acids is 1. The van der Waals surface area contributed by atoms with Crippen molar-refractivity contribution in [3.63, 3.8) is 0 Å². The number of nitrogens with zero attached hydrogens (tertiary/aromatic N) is 1. The number of hydrogen-bond acceptors (Lipinski definition) is 4. The standard InChI is InChI=1S/C17H12Cl2N2O3/c18-12-6-5-10(7-13(12)19)8-16(22)24-9-15-20-14-4-2-1-3-11(14)17(23)21-15/h1-7H,8-9H2,(H,20,21,23). The molecule has 0 aliphatic rings. The second kappa shape index (κ2) is 7.03. The van der Waals surface area contributed by atoms with Crippen LogP contribution in [0.3, 0.4) is 0 Å². The fourth-order valence-corrected chi connectivity index (χ4v) is 2.54. The molecule has 7 heteroatoms. The molecule has 1 heterocycles. The average molecular weight is 363 g/mol. The number of ether oxygens (including phenoxy) is 1. The summed E-state index contributed by atoms with van der Waals surface area (Å²) in [4.78, 5) is 30.7. The number of fused-ring (bicyclic) bond motifs is 1. The van der Waals surface area contributed by atoms with E-state index >= 15 is 0 Å². The Balaban J connectivity index is 1.68. The van der Waals surface area contributed by atoms with Gasteiger partial charge in [0, 0.05) is 0 Å². The maximum Gasteiger partial charge on any atom is 0.310 e. The van der Waals surface area contributed by atoms with Crippen LogP contribution < -0.4 is 5.56 Å². The smallest absolute Gasteiger partial charge is 0.310 e. The van der Waals surface area contributed by atoms with Gasteiger partial charge in [-0.05, 0) is 29.8 Å². The maximum atomic E-state index is 11.9. The first-order chi connectivity index (χ1) is 11.5. The number of halogens is 2. The van der Waals surface area contributed by atoms with E-state index in [2.05, 4.69) is 9.97 Å². The third-order valence-corrected chi connectivity index (χ3v) is 4.10. The minimum Gasteiger partial charge on any atom is -0.457 e. The summed E-state index contributed by atoms with van der Waals surface area (Å²) in [5.41, 5.74) is 0.974. The first kappa shape index (κ1) is 16.5. The first-order valence-electron chi connectivity index (χ1n) is 7.10. The van der Waals surface area contributed by atoms with E-state index in [1.807, 2.05) is 0 Å². The minimum absolute atomic E-state index is 0.0503. The van der Waals surface area contributed by atoms with Gasteiger partial charge in [0.15, 0.2) is 0 Å². The van der Waals surface area contributed by atoms with Crippen LogP contribution in [-0.2, 0) is 22.6 Å². The quantitative estimate of drug-likeness (QED) is 0.720. The van der Waals surface area contributed by atoms with Crippen LogP contribution in [0.15, 0.2) is 47.3 Å². The van der Waals surface area contributed by atoms with E-state index in [0.29, 0.717) is 32.3 Å². The van der Waals surface area contributed by atoms with Gasteiger partial charge in [-0.3, -0.25) is 9.59 Å². The van der Waals surface area contributed by atoms with Crippen molar-refractivity contribution in [3.8, 4) is 0 Å². The van der Waals surface area contributed by atoms with E-state index in [1.54, 1.807) is 42.5 Å². The summed E-state index contributed by atoms with van der Waals surface area (Å²) in [6.45, 7) is -0.111. The van der Waals surface area contributed by atoms with Gasteiger partial charge < -0.3 is 9.72 Å². The number of esters is 1. The van der Waals surface area contributed by atoms with Crippen LogP contribution in [-0.4, -0.2) is 15.9 Å². The normalized spacial score (nSPS) is 10.8. The Kier molecular flexibility index (Phi) is 4.83. The van der Waals surface area contributed by atoms with E-state index in [1.165, 1.54) is 0 Å². The number of nitrogens with one attached hydrogen (secondary N) is 1. The Morgan fingerprint density at radius 1 is 1.12 bits per heavy atom. The van der Waals surface area contributed by atoms with Crippen LogP contribution in [0.5, 0.6) is 0 Å². The SMILES string of the molecule is O=C(Cc1ccc(Cl)c(Cl)c1)OCc1nc2ccccc2c(=O)[nH]1. The molecular formula is C17H12Cl2N2O3. The number of benzene rings is 2. The summed E-state index contributed by atoms with van der Waals surface area (Å²) in [5, 5.41) is 1.29. The Morgan fingerprint density at radius 2 is 1.92 bits per heavy atom. The largest absolute Gasteiger partial charge is 0.457 e. The molecule has 1 N–H and O–H groups in total. The Labute approximate surface area is 147 Å². The molecule has 0 saturated carbocycles. The lowest BCUT2D eigenvalue weighted by Gasteiger charge is -2.06. The molecule has 0 saturated heterocycles. The number of H-pyrrole nitrogens is 1. The highest BCUT2D eigenvalue weighted by Gasteiger charge is 2.09. The molecule has 0 fully saturated rings. The van der Waals surface area contributed by atoms with E-state index in [9.17, 15) is 9.59 Å². The topological polar surface area (TPSA) is 72.0 Å². The summed E-state index contributed by atoms with van der Waals surface area (Å²) in [6.07, 6.45) is 0.0503. The van der Waals surface area contributed by atoms with Crippen molar-refractivity contribution in [1.82, 2.24) is 9.97 Å². The van der Waals surface area contributed by atoms with Gasteiger partial charge >= 0.3 is 5.97 Å². The number of aromatic nitrogens is 2. The number of hydrogen-bond donors (Lipinski definition) is 1. The van der Waals surface area contributed by atoms with Crippen LogP contribution in [0.4, 0.5) is 0 Å². The van der Waals surface area contributed by atoms with E-state index in [4.69, 9.17) is 27.9 Å². The van der Waals surface area contributed by atoms with Gasteiger partial charge in [0.2, 0.25) is 0 Å². The number of para-hydroxylation sites is 1. The molecule has 0 aliphatic heterocycles. The minimum atomic E-state index is -0.454. The summed E-state index contributed by atoms with van der Waals surface area (Å²) in [7, 11) is 0. The summed E-state index contributed by atoms with van der Waals surface area (Å²) >= 11 is 11.7. The molecule has 0 bridgehead atoms. The van der Waals surface area contributed by atoms with Crippen LogP contribution in [0, 0.1) is 0 Å². The number of rotatable bonds is 4. The van der Waals surface area contributed by atoms with Crippen LogP contribution in [0.25, 0.3) is 10.9 Å². The van der Waals surface area contributed by atoms with Gasteiger partial charge in [-0.1, -0.05) is 41.4 Å². The highest BCUT2D eigenvalue weighted by Crippen LogP contribution is 2.22. The third kappa shape index (κ3) is 3.75. The fourth-order valence-electron chi connectivity index (χ4n) is 2.22. The van der Waals surface area contributed by atoms with Gasteiger partial charge in [-0.25, -0.2) is 4.98 Å². The van der Waals surface area contributed by atoms with Crippen LogP contribution in [0.1, 0.15) is 11.4 Å². The molecule has 1 aromatic heterocycles. The highest BCUT2D eigenvalue weighted by molar-refractivity contribution is 6.42. The van der Waals surface area contributed by atoms with Crippen molar-refractivity contribution in [2.45, 2.75) is 13.0 Å². The maximum absolute atomic E-state index is 11.9. The zero-order valence-electron chi connectivity index (χ0n) is 12.4. The number of carbonyl (C=O) groups is 1. The monoisotopic (exact) mass is 362 g/mol. The van der Waals surface area contributed by atoms with Gasteiger partial charge in [-0.15, -0.1) is 0 Å². The lowest BCUT2D eigenvalue weighted by atomic mass is 10.1. The molecule has 3 rings (SSSR count). The van der Waals surface area contributed by atoms with Gasteiger partial charge in [0.1, 0.15) is 12.4 Å². The fraction of sp³-hybridized carbons (Fsp3) is 0.118. The van der Waals surface area contributed by atoms with E-state index < -0.39 is 5.97 Å². The van der Waals surface area contributed by atoms with Crippen molar-refractivity contribution in [3.05, 3.63) is 74.3 Å². The van der Waals surface area contributed by atoms with Crippen molar-refractivity contribution < 1.29 is 9.53 Å². The molecule has 122 valence electrons. The second-order valence-electron chi connectivity index (χ2n) is 5.12. The summed E-state index contributed by atoms with van der Waals surface area (Å²) in [6, 6.07) is 11.9. The van der Waals surface area contributed by atoms with Gasteiger partial charge in [0.05, 0.1) is 27.4 Å². The molecule has 24 heavy (non-hydrogen) atoms. The Hall–Kier alpha value is -2.37. The average Bonchev–Trinajstić information content (AvgIpc) is 2.56. The molecule has 0 spiro atoms. The van der Waals surface area contributed by atoms with E-state index in [0.717, 1.165) is 0 Å². The summed E-state index contributed by atoms with van der Waals surface area (Å²) < 4.78 is 5.16. The van der Waals surface area contributed by atoms with Crippen molar-refractivity contribution in [1.29, 1.82) is 0 Å². The molecule has 0 radical (unpaired) electrons. The second-order valence-corrected chi connectivity index (χ2v) is 5.93. The zero-order chi connectivity index (χ0) is 17.1. The third-order valence-electron chi connectivity index (χ3n) is 3.36. The van der Waals surface area contributed by atoms with Crippen LogP contribution >= 0.6 is 23.2 Å². The number of aromatic amines is 1. The first-order valence-corrected chi connectivity index (χ1v) is 7.86. The molecule has 0 aliphatic carbocycles. The summed E-state index contributed by atoms with van der Waals surface area (Å²) in [5.74, 6) is -0.162. The molecule has 0 atom stereocenters. The Bertz CT molecular complexity index is 969. The molecule has 5 nitrogen and oxygen atoms in total. The molecule has 0 unspecified atom stereocenters. The van der Waals surface area contributed by atoms with Crippen molar-refractivity contribution >= 4 is 40.1 Å². The molecule has 2 aromatic carbocycles. The van der Waals surface area contributed by atoms with Crippen molar-refractivity contribution in [2.24, 2.45) is 0 Å². The lowest BCUT2D eigenvalue weighted by Crippen LogP contribution is -2.15. The molecule has 0 amide bonds. The lowest BCUT2D eigenvalue weighted by molar-refractivity contribution is -0.144. The Morgan fingerprint density at radius 3 is 2.71 bits per heavy atom. The van der Waals surface area contributed by atoms with Crippen LogP contribution in [0.2, 0.25) is 10.0 Å². The predicted octanol–water partition coefficient (Wildman–Crippen LogP) is 3.52. The zero-order valence-corrected chi connectivity index (χ0v) is 13.9. The van der Waals surface area contributed by atoms with Gasteiger partial charge in [-0.2, -0.15) is 0 Å².